The van der Waals surface area contributed by atoms with E-state index in [9.17, 15) is 4.79 Å². The molecule has 0 saturated carbocycles. The molecular weight excluding hydrogens is 318 g/mol. The number of aromatic amines is 1. The third-order valence-electron chi connectivity index (χ3n) is 3.73. The van der Waals surface area contributed by atoms with Crippen LogP contribution in [0.15, 0.2) is 66.0 Å². The zero-order chi connectivity index (χ0) is 16.4. The first-order valence-electron chi connectivity index (χ1n) is 7.65. The van der Waals surface area contributed by atoms with Crippen molar-refractivity contribution in [3.8, 4) is 10.7 Å². The summed E-state index contributed by atoms with van der Waals surface area (Å²) in [6.45, 7) is 0. The molecule has 0 aliphatic carbocycles. The molecule has 118 valence electrons. The molecule has 2 aromatic heterocycles. The molecule has 0 aliphatic rings. The Labute approximate surface area is 143 Å². The van der Waals surface area contributed by atoms with Crippen LogP contribution in [0, 0.1) is 0 Å². The van der Waals surface area contributed by atoms with Crippen molar-refractivity contribution >= 4 is 34.0 Å². The van der Waals surface area contributed by atoms with Gasteiger partial charge >= 0.3 is 0 Å². The predicted octanol–water partition coefficient (Wildman–Crippen LogP) is 4.47. The Hall–Kier alpha value is -2.92. The summed E-state index contributed by atoms with van der Waals surface area (Å²) in [7, 11) is 0. The number of hydrogen-bond acceptors (Lipinski definition) is 3. The average molecular weight is 333 g/mol. The first-order chi connectivity index (χ1) is 11.8. The van der Waals surface area contributed by atoms with Crippen LogP contribution < -0.4 is 5.32 Å². The molecule has 0 bridgehead atoms. The zero-order valence-electron chi connectivity index (χ0n) is 12.8. The van der Waals surface area contributed by atoms with Gasteiger partial charge in [-0.25, -0.2) is 4.98 Å². The Kier molecular flexibility index (Phi) is 3.84. The normalized spacial score (nSPS) is 10.8. The van der Waals surface area contributed by atoms with E-state index in [0.29, 0.717) is 6.42 Å². The summed E-state index contributed by atoms with van der Waals surface area (Å²) in [5.41, 5.74) is 3.57. The largest absolute Gasteiger partial charge is 0.337 e. The number of carbonyl (C=O) groups is 1. The molecule has 0 unspecified atom stereocenters. The summed E-state index contributed by atoms with van der Waals surface area (Å²) in [4.78, 5) is 21.2. The third kappa shape index (κ3) is 3.07. The predicted molar refractivity (Wildman–Crippen MR) is 98.2 cm³/mol. The van der Waals surface area contributed by atoms with Gasteiger partial charge in [0.25, 0.3) is 0 Å². The maximum atomic E-state index is 12.2. The highest BCUT2D eigenvalue weighted by atomic mass is 32.1. The van der Waals surface area contributed by atoms with Gasteiger partial charge in [-0.15, -0.1) is 11.3 Å². The fraction of sp³-hybridized carbons (Fsp3) is 0.0526. The fourth-order valence-electron chi connectivity index (χ4n) is 2.60. The van der Waals surface area contributed by atoms with E-state index in [1.807, 2.05) is 66.0 Å². The highest BCUT2D eigenvalue weighted by molar-refractivity contribution is 7.13. The summed E-state index contributed by atoms with van der Waals surface area (Å²) in [6.07, 6.45) is 0.363. The molecule has 0 radical (unpaired) electrons. The van der Waals surface area contributed by atoms with Crippen LogP contribution in [-0.4, -0.2) is 15.9 Å². The number of thiophene rings is 1. The second-order valence-electron chi connectivity index (χ2n) is 5.51. The molecule has 2 heterocycles. The SMILES string of the molecule is O=C(Cc1ccccc1)Nc1ccc2nc(-c3cccs3)[nH]c2c1. The van der Waals surface area contributed by atoms with Crippen molar-refractivity contribution in [1.29, 1.82) is 0 Å². The molecule has 0 fully saturated rings. The van der Waals surface area contributed by atoms with Gasteiger partial charge in [-0.3, -0.25) is 4.79 Å². The number of rotatable bonds is 4. The minimum Gasteiger partial charge on any atom is -0.337 e. The van der Waals surface area contributed by atoms with Crippen molar-refractivity contribution in [3.05, 3.63) is 71.6 Å². The number of benzene rings is 2. The van der Waals surface area contributed by atoms with Gasteiger partial charge in [-0.05, 0) is 35.2 Å². The molecule has 0 aliphatic heterocycles. The molecule has 0 atom stereocenters. The van der Waals surface area contributed by atoms with Gasteiger partial charge in [0.1, 0.15) is 5.82 Å². The van der Waals surface area contributed by atoms with Crippen LogP contribution in [-0.2, 0) is 11.2 Å². The van der Waals surface area contributed by atoms with Crippen molar-refractivity contribution in [2.75, 3.05) is 5.32 Å². The Balaban J connectivity index is 1.53. The maximum Gasteiger partial charge on any atom is 0.228 e. The van der Waals surface area contributed by atoms with Gasteiger partial charge < -0.3 is 10.3 Å². The summed E-state index contributed by atoms with van der Waals surface area (Å²) < 4.78 is 0. The number of carbonyl (C=O) groups excluding carboxylic acids is 1. The van der Waals surface area contributed by atoms with E-state index in [-0.39, 0.29) is 5.91 Å². The number of fused-ring (bicyclic) bond motifs is 1. The van der Waals surface area contributed by atoms with Crippen LogP contribution in [0.2, 0.25) is 0 Å². The quantitative estimate of drug-likeness (QED) is 0.579. The summed E-state index contributed by atoms with van der Waals surface area (Å²) >= 11 is 1.64. The molecular formula is C19H15N3OS. The first kappa shape index (κ1) is 14.7. The Morgan fingerprint density at radius 3 is 2.75 bits per heavy atom. The molecule has 0 spiro atoms. The summed E-state index contributed by atoms with van der Waals surface area (Å²) in [5.74, 6) is 0.825. The van der Waals surface area contributed by atoms with E-state index < -0.39 is 0 Å². The number of H-pyrrole nitrogens is 1. The number of imidazole rings is 1. The lowest BCUT2D eigenvalue weighted by Gasteiger charge is -2.05. The van der Waals surface area contributed by atoms with Crippen LogP contribution in [0.25, 0.3) is 21.7 Å². The maximum absolute atomic E-state index is 12.2. The number of nitrogens with one attached hydrogen (secondary N) is 2. The lowest BCUT2D eigenvalue weighted by Crippen LogP contribution is -2.14. The van der Waals surface area contributed by atoms with Crippen LogP contribution >= 0.6 is 11.3 Å². The molecule has 24 heavy (non-hydrogen) atoms. The van der Waals surface area contributed by atoms with Crippen molar-refractivity contribution in [1.82, 2.24) is 9.97 Å². The van der Waals surface area contributed by atoms with E-state index >= 15 is 0 Å². The van der Waals surface area contributed by atoms with E-state index in [2.05, 4.69) is 15.3 Å². The topological polar surface area (TPSA) is 57.8 Å². The van der Waals surface area contributed by atoms with E-state index in [1.165, 1.54) is 0 Å². The van der Waals surface area contributed by atoms with Gasteiger partial charge in [0.15, 0.2) is 0 Å². The summed E-state index contributed by atoms with van der Waals surface area (Å²) in [5, 5.41) is 4.97. The van der Waals surface area contributed by atoms with E-state index in [1.54, 1.807) is 11.3 Å². The standard InChI is InChI=1S/C19H15N3OS/c23-18(11-13-5-2-1-3-6-13)20-14-8-9-15-16(12-14)22-19(21-15)17-7-4-10-24-17/h1-10,12H,11H2,(H,20,23)(H,21,22). The minimum absolute atomic E-state index is 0.0291. The highest BCUT2D eigenvalue weighted by Crippen LogP contribution is 2.26. The van der Waals surface area contributed by atoms with Crippen molar-refractivity contribution in [3.63, 3.8) is 0 Å². The van der Waals surface area contributed by atoms with Crippen molar-refractivity contribution < 1.29 is 4.79 Å². The second-order valence-corrected chi connectivity index (χ2v) is 6.45. The molecule has 2 N–H and O–H groups in total. The lowest BCUT2D eigenvalue weighted by molar-refractivity contribution is -0.115. The molecule has 4 nitrogen and oxygen atoms in total. The van der Waals surface area contributed by atoms with Crippen molar-refractivity contribution in [2.24, 2.45) is 0 Å². The number of aromatic nitrogens is 2. The Morgan fingerprint density at radius 2 is 1.96 bits per heavy atom. The molecule has 5 heteroatoms. The second kappa shape index (κ2) is 6.29. The van der Waals surface area contributed by atoms with E-state index in [0.717, 1.165) is 33.0 Å². The highest BCUT2D eigenvalue weighted by Gasteiger charge is 2.08. The van der Waals surface area contributed by atoms with Gasteiger partial charge in [0.05, 0.1) is 22.3 Å². The number of anilines is 1. The molecule has 4 aromatic rings. The smallest absolute Gasteiger partial charge is 0.228 e. The fourth-order valence-corrected chi connectivity index (χ4v) is 3.27. The van der Waals surface area contributed by atoms with Crippen LogP contribution in [0.5, 0.6) is 0 Å². The van der Waals surface area contributed by atoms with Gasteiger partial charge in [-0.1, -0.05) is 36.4 Å². The monoisotopic (exact) mass is 333 g/mol. The average Bonchev–Trinajstić information content (AvgIpc) is 3.24. The van der Waals surface area contributed by atoms with E-state index in [4.69, 9.17) is 0 Å². The Morgan fingerprint density at radius 1 is 1.08 bits per heavy atom. The summed E-state index contributed by atoms with van der Waals surface area (Å²) in [6, 6.07) is 19.5. The van der Waals surface area contributed by atoms with Crippen LogP contribution in [0.3, 0.4) is 0 Å². The molecule has 1 amide bonds. The van der Waals surface area contributed by atoms with Crippen molar-refractivity contribution in [2.45, 2.75) is 6.42 Å². The first-order valence-corrected chi connectivity index (χ1v) is 8.53. The lowest BCUT2D eigenvalue weighted by atomic mass is 10.1. The zero-order valence-corrected chi connectivity index (χ0v) is 13.6. The number of amides is 1. The Bertz CT molecular complexity index is 974. The molecule has 2 aromatic carbocycles. The third-order valence-corrected chi connectivity index (χ3v) is 4.60. The van der Waals surface area contributed by atoms with Crippen LogP contribution in [0.1, 0.15) is 5.56 Å². The number of nitrogens with zero attached hydrogens (tertiary/aromatic N) is 1. The minimum atomic E-state index is -0.0291. The molecule has 0 saturated heterocycles. The number of hydrogen-bond donors (Lipinski definition) is 2. The van der Waals surface area contributed by atoms with Crippen LogP contribution in [0.4, 0.5) is 5.69 Å². The molecule has 4 rings (SSSR count). The van der Waals surface area contributed by atoms with Gasteiger partial charge in [0, 0.05) is 5.69 Å². The van der Waals surface area contributed by atoms with Gasteiger partial charge in [-0.2, -0.15) is 0 Å². The van der Waals surface area contributed by atoms with Gasteiger partial charge in [0.2, 0.25) is 5.91 Å².